The summed E-state index contributed by atoms with van der Waals surface area (Å²) in [5.41, 5.74) is 6.17. The summed E-state index contributed by atoms with van der Waals surface area (Å²) >= 11 is 0. The Hall–Kier alpha value is -6.32. The molecule has 0 N–H and O–H groups in total. The summed E-state index contributed by atoms with van der Waals surface area (Å²) in [6.07, 6.45) is 0. The minimum Gasteiger partial charge on any atom is -0.133 e. The van der Waals surface area contributed by atoms with Gasteiger partial charge in [0.2, 0.25) is 0 Å². The Morgan fingerprint density at radius 3 is 0.733 bits per heavy atom. The lowest BCUT2D eigenvalue weighted by atomic mass is 9.77. The van der Waals surface area contributed by atoms with Gasteiger partial charge in [-0.25, -0.2) is 0 Å². The average Bonchev–Trinajstić information content (AvgIpc) is 3.31. The van der Waals surface area contributed by atoms with E-state index in [0.717, 1.165) is 0 Å². The maximum atomic E-state index is 2.49. The Labute approximate surface area is 359 Å². The number of hydrogen-bond donors (Lipinski definition) is 0. The van der Waals surface area contributed by atoms with Crippen molar-refractivity contribution >= 4 is 20.1 Å². The van der Waals surface area contributed by atoms with Crippen LogP contribution >= 0.6 is 20.1 Å². The Balaban J connectivity index is 1.27. The van der Waals surface area contributed by atoms with Gasteiger partial charge in [-0.15, -0.1) is 20.1 Å². The first-order chi connectivity index (χ1) is 29.4. The molecule has 294 valence electrons. The molecule has 0 aliphatic rings. The lowest BCUT2D eigenvalue weighted by Gasteiger charge is -2.42. The summed E-state index contributed by atoms with van der Waals surface area (Å²) in [7, 11) is -3.70. The van der Waals surface area contributed by atoms with Crippen molar-refractivity contribution in [3.05, 3.63) is 254 Å². The van der Waals surface area contributed by atoms with Crippen LogP contribution in [-0.4, -0.2) is 0 Å². The van der Waals surface area contributed by atoms with E-state index >= 15 is 0 Å². The van der Waals surface area contributed by atoms with Gasteiger partial charge in [-0.2, -0.15) is 0 Å². The smallest absolute Gasteiger partial charge is 0.00291 e. The van der Waals surface area contributed by atoms with Gasteiger partial charge < -0.3 is 0 Å². The lowest BCUT2D eigenvalue weighted by Crippen LogP contribution is -2.15. The summed E-state index contributed by atoms with van der Waals surface area (Å²) in [5.74, 6) is 0. The van der Waals surface area contributed by atoms with E-state index < -0.39 is 20.1 Å². The van der Waals surface area contributed by atoms with Gasteiger partial charge in [0.25, 0.3) is 0 Å². The van der Waals surface area contributed by atoms with E-state index in [2.05, 4.69) is 269 Å². The zero-order valence-electron chi connectivity index (χ0n) is 34.5. The van der Waals surface area contributed by atoms with Gasteiger partial charge in [-0.3, -0.25) is 0 Å². The van der Waals surface area contributed by atoms with E-state index in [0.29, 0.717) is 0 Å². The monoisotopic (exact) mass is 810 g/mol. The highest BCUT2D eigenvalue weighted by Gasteiger charge is 2.35. The van der Waals surface area contributed by atoms with Gasteiger partial charge in [-0.1, -0.05) is 172 Å². The van der Waals surface area contributed by atoms with Crippen molar-refractivity contribution in [2.45, 2.75) is 65.4 Å². The standard InChI is InChI=1S/C58H50S2/c1-58(2,3)57-55(45-25-22-39-53(43-45)59(47-27-10-4-11-28-47,48-29-12-5-13-30-48)49-31-14-6-15-32-49)41-24-42-56(57)46-26-23-40-54(44-46)60(50-33-16-7-17-34-50,51-35-18-8-19-36-51)52-37-20-9-21-38-52/h4-44H,1-3H3. The van der Waals surface area contributed by atoms with Crippen LogP contribution in [0.1, 0.15) is 26.3 Å². The van der Waals surface area contributed by atoms with Gasteiger partial charge in [0, 0.05) is 39.2 Å². The molecule has 0 unspecified atom stereocenters. The van der Waals surface area contributed by atoms with Gasteiger partial charge in [0.15, 0.2) is 0 Å². The van der Waals surface area contributed by atoms with Crippen LogP contribution in [0, 0.1) is 0 Å². The molecule has 0 spiro atoms. The quantitative estimate of drug-likeness (QED) is 0.129. The van der Waals surface area contributed by atoms with Crippen molar-refractivity contribution in [3.8, 4) is 22.3 Å². The second-order valence-electron chi connectivity index (χ2n) is 16.1. The summed E-state index contributed by atoms with van der Waals surface area (Å²) in [6.45, 7) is 7.10. The summed E-state index contributed by atoms with van der Waals surface area (Å²) in [5, 5.41) is 0. The van der Waals surface area contributed by atoms with Crippen molar-refractivity contribution in [2.75, 3.05) is 0 Å². The number of benzene rings is 9. The second-order valence-corrected chi connectivity index (χ2v) is 22.4. The fraction of sp³-hybridized carbons (Fsp3) is 0.0690. The normalized spacial score (nSPS) is 12.4. The zero-order chi connectivity index (χ0) is 41.0. The van der Waals surface area contributed by atoms with Crippen LogP contribution in [0.3, 0.4) is 0 Å². The molecule has 0 saturated carbocycles. The molecule has 2 heteroatoms. The summed E-state index contributed by atoms with van der Waals surface area (Å²) < 4.78 is 0. The SMILES string of the molecule is CC(C)(C)c1c(-c2cccc(S(c3ccccc3)(c3ccccc3)c3ccccc3)c2)cccc1-c1cccc(S(c2ccccc2)(c2ccccc2)c2ccccc2)c1. The fourth-order valence-electron chi connectivity index (χ4n) is 8.93. The molecule has 0 aromatic heterocycles. The predicted molar refractivity (Wildman–Crippen MR) is 256 cm³/mol. The topological polar surface area (TPSA) is 0 Å². The molecule has 0 bridgehead atoms. The zero-order valence-corrected chi connectivity index (χ0v) is 36.1. The number of rotatable bonds is 10. The van der Waals surface area contributed by atoms with Gasteiger partial charge in [-0.05, 0) is 130 Å². The summed E-state index contributed by atoms with van der Waals surface area (Å²) in [6, 6.07) is 92.6. The molecule has 9 aromatic carbocycles. The third-order valence-electron chi connectivity index (χ3n) is 11.4. The molecule has 0 saturated heterocycles. The molecule has 0 amide bonds. The van der Waals surface area contributed by atoms with Crippen molar-refractivity contribution in [1.29, 1.82) is 0 Å². The minimum absolute atomic E-state index is 0.164. The second kappa shape index (κ2) is 16.7. The van der Waals surface area contributed by atoms with Crippen LogP contribution in [0.4, 0.5) is 0 Å². The molecule has 0 atom stereocenters. The first kappa shape index (κ1) is 39.2. The van der Waals surface area contributed by atoms with Crippen LogP contribution in [0.15, 0.2) is 288 Å². The van der Waals surface area contributed by atoms with Crippen LogP contribution in [0.25, 0.3) is 22.3 Å². The molecule has 9 aromatic rings. The third-order valence-corrected chi connectivity index (χ3v) is 19.2. The van der Waals surface area contributed by atoms with E-state index in [1.165, 1.54) is 67.0 Å². The van der Waals surface area contributed by atoms with Gasteiger partial charge in [0.1, 0.15) is 0 Å². The van der Waals surface area contributed by atoms with E-state index in [9.17, 15) is 0 Å². The van der Waals surface area contributed by atoms with Gasteiger partial charge >= 0.3 is 0 Å². The highest BCUT2D eigenvalue weighted by molar-refractivity contribution is 8.34. The maximum absolute atomic E-state index is 2.49. The number of hydrogen-bond acceptors (Lipinski definition) is 0. The van der Waals surface area contributed by atoms with Crippen LogP contribution in [0.5, 0.6) is 0 Å². The molecule has 0 aliphatic heterocycles. The minimum atomic E-state index is -1.85. The first-order valence-electron chi connectivity index (χ1n) is 20.7. The van der Waals surface area contributed by atoms with Gasteiger partial charge in [0.05, 0.1) is 0 Å². The highest BCUT2D eigenvalue weighted by atomic mass is 32.3. The molecule has 0 radical (unpaired) electrons. The molecular formula is C58H50S2. The van der Waals surface area contributed by atoms with Crippen molar-refractivity contribution in [3.63, 3.8) is 0 Å². The van der Waals surface area contributed by atoms with Crippen LogP contribution < -0.4 is 0 Å². The van der Waals surface area contributed by atoms with Crippen molar-refractivity contribution in [1.82, 2.24) is 0 Å². The molecule has 0 fully saturated rings. The van der Waals surface area contributed by atoms with E-state index in [-0.39, 0.29) is 5.41 Å². The van der Waals surface area contributed by atoms with Crippen LogP contribution in [0.2, 0.25) is 0 Å². The Kier molecular flexibility index (Phi) is 10.9. The van der Waals surface area contributed by atoms with E-state index in [1.54, 1.807) is 0 Å². The fourth-order valence-corrected chi connectivity index (χ4v) is 16.8. The molecule has 60 heavy (non-hydrogen) atoms. The Bertz CT molecular complexity index is 2430. The average molecular weight is 811 g/mol. The van der Waals surface area contributed by atoms with Crippen LogP contribution in [-0.2, 0) is 5.41 Å². The largest absolute Gasteiger partial charge is 0.133 e. The lowest BCUT2D eigenvalue weighted by molar-refractivity contribution is 0.593. The first-order valence-corrected chi connectivity index (χ1v) is 24.0. The predicted octanol–water partition coefficient (Wildman–Crippen LogP) is 17.0. The Morgan fingerprint density at radius 2 is 0.483 bits per heavy atom. The highest BCUT2D eigenvalue weighted by Crippen LogP contribution is 2.75. The van der Waals surface area contributed by atoms with Crippen molar-refractivity contribution < 1.29 is 0 Å². The Morgan fingerprint density at radius 1 is 0.250 bits per heavy atom. The van der Waals surface area contributed by atoms with E-state index in [4.69, 9.17) is 0 Å². The molecule has 0 aliphatic carbocycles. The molecule has 9 rings (SSSR count). The third kappa shape index (κ3) is 7.00. The molecular weight excluding hydrogens is 761 g/mol. The van der Waals surface area contributed by atoms with Crippen molar-refractivity contribution in [2.24, 2.45) is 0 Å². The molecule has 0 nitrogen and oxygen atoms in total. The van der Waals surface area contributed by atoms with E-state index in [1.807, 2.05) is 0 Å². The maximum Gasteiger partial charge on any atom is 0.00291 e. The summed E-state index contributed by atoms with van der Waals surface area (Å²) in [4.78, 5) is 10.6. The molecule has 0 heterocycles.